The zero-order chi connectivity index (χ0) is 13.9. The highest BCUT2D eigenvalue weighted by molar-refractivity contribution is 5.77. The van der Waals surface area contributed by atoms with E-state index < -0.39 is 0 Å². The zero-order valence-electron chi connectivity index (χ0n) is 11.9. The van der Waals surface area contributed by atoms with Gasteiger partial charge >= 0.3 is 0 Å². The fourth-order valence-electron chi connectivity index (χ4n) is 3.60. The Kier molecular flexibility index (Phi) is 4.00. The zero-order valence-corrected chi connectivity index (χ0v) is 11.9. The van der Waals surface area contributed by atoms with Crippen LogP contribution in [-0.2, 0) is 16.1 Å². The fraction of sp³-hybridized carbons (Fsp3) is 0.786. The van der Waals surface area contributed by atoms with Crippen LogP contribution in [0.4, 0.5) is 0 Å². The van der Waals surface area contributed by atoms with Gasteiger partial charge in [-0.05, 0) is 32.1 Å². The molecule has 0 aliphatic carbocycles. The second-order valence-corrected chi connectivity index (χ2v) is 5.78. The molecule has 3 rings (SSSR count). The average molecular weight is 278 g/mol. The SMILES string of the molecule is COC1C[C@H]2CC[C@@H](C1)N2C(=O)CCCn1cncn1. The lowest BCUT2D eigenvalue weighted by atomic mass is 9.99. The predicted octanol–water partition coefficient (Wildman–Crippen LogP) is 1.23. The molecule has 1 aromatic rings. The number of carbonyl (C=O) groups excluding carboxylic acids is 1. The normalized spacial score (nSPS) is 28.9. The number of piperidine rings is 1. The van der Waals surface area contributed by atoms with Gasteiger partial charge in [0.15, 0.2) is 0 Å². The summed E-state index contributed by atoms with van der Waals surface area (Å²) in [6.07, 6.45) is 9.26. The summed E-state index contributed by atoms with van der Waals surface area (Å²) in [5, 5.41) is 4.05. The second kappa shape index (κ2) is 5.91. The van der Waals surface area contributed by atoms with E-state index in [-0.39, 0.29) is 0 Å². The molecule has 0 saturated carbocycles. The standard InChI is InChI=1S/C14H22N4O2/c1-20-13-7-11-4-5-12(8-13)18(11)14(19)3-2-6-17-10-15-9-16-17/h9-13H,2-8H2,1H3/t11-,12+,13?. The van der Waals surface area contributed by atoms with Gasteiger partial charge in [-0.2, -0.15) is 5.10 Å². The molecule has 3 atom stereocenters. The van der Waals surface area contributed by atoms with Crippen LogP contribution in [0.1, 0.15) is 38.5 Å². The van der Waals surface area contributed by atoms with Gasteiger partial charge in [0.2, 0.25) is 5.91 Å². The van der Waals surface area contributed by atoms with E-state index in [0.29, 0.717) is 30.5 Å². The molecule has 0 N–H and O–H groups in total. The van der Waals surface area contributed by atoms with Crippen molar-refractivity contribution in [1.82, 2.24) is 19.7 Å². The van der Waals surface area contributed by atoms with E-state index in [2.05, 4.69) is 15.0 Å². The minimum atomic E-state index is 0.298. The van der Waals surface area contributed by atoms with Crippen molar-refractivity contribution in [3.8, 4) is 0 Å². The smallest absolute Gasteiger partial charge is 0.223 e. The first-order chi connectivity index (χ1) is 9.78. The maximum absolute atomic E-state index is 12.4. The number of nitrogens with zero attached hydrogens (tertiary/aromatic N) is 4. The van der Waals surface area contributed by atoms with Crippen molar-refractivity contribution < 1.29 is 9.53 Å². The van der Waals surface area contributed by atoms with Gasteiger partial charge < -0.3 is 9.64 Å². The fourth-order valence-corrected chi connectivity index (χ4v) is 3.60. The molecule has 1 amide bonds. The lowest BCUT2D eigenvalue weighted by molar-refractivity contribution is -0.138. The van der Waals surface area contributed by atoms with Crippen molar-refractivity contribution in [1.29, 1.82) is 0 Å². The molecule has 1 aromatic heterocycles. The summed E-state index contributed by atoms with van der Waals surface area (Å²) in [5.41, 5.74) is 0. The van der Waals surface area contributed by atoms with E-state index in [1.807, 2.05) is 0 Å². The van der Waals surface area contributed by atoms with Gasteiger partial charge in [0.1, 0.15) is 12.7 Å². The van der Waals surface area contributed by atoms with Crippen LogP contribution in [-0.4, -0.2) is 50.9 Å². The molecule has 0 spiro atoms. The van der Waals surface area contributed by atoms with E-state index in [0.717, 1.165) is 38.6 Å². The number of carbonyl (C=O) groups is 1. The molecule has 3 heterocycles. The largest absolute Gasteiger partial charge is 0.381 e. The number of fused-ring (bicyclic) bond motifs is 2. The van der Waals surface area contributed by atoms with Gasteiger partial charge in [-0.1, -0.05) is 0 Å². The lowest BCUT2D eigenvalue weighted by Gasteiger charge is -2.38. The van der Waals surface area contributed by atoms with Crippen LogP contribution in [0.5, 0.6) is 0 Å². The quantitative estimate of drug-likeness (QED) is 0.812. The first-order valence-corrected chi connectivity index (χ1v) is 7.44. The average Bonchev–Trinajstić information content (AvgIpc) is 3.05. The number of aromatic nitrogens is 3. The van der Waals surface area contributed by atoms with Crippen LogP contribution < -0.4 is 0 Å². The van der Waals surface area contributed by atoms with Crippen molar-refractivity contribution in [3.63, 3.8) is 0 Å². The molecule has 6 nitrogen and oxygen atoms in total. The lowest BCUT2D eigenvalue weighted by Crippen LogP contribution is -2.48. The van der Waals surface area contributed by atoms with Crippen molar-refractivity contribution in [3.05, 3.63) is 12.7 Å². The molecule has 2 saturated heterocycles. The molecule has 2 fully saturated rings. The van der Waals surface area contributed by atoms with E-state index in [1.54, 1.807) is 18.1 Å². The molecule has 20 heavy (non-hydrogen) atoms. The molecule has 0 radical (unpaired) electrons. The van der Waals surface area contributed by atoms with Gasteiger partial charge in [0, 0.05) is 32.2 Å². The number of rotatable bonds is 5. The summed E-state index contributed by atoms with van der Waals surface area (Å²) in [5.74, 6) is 0.298. The Hall–Kier alpha value is -1.43. The summed E-state index contributed by atoms with van der Waals surface area (Å²) in [4.78, 5) is 18.5. The third kappa shape index (κ3) is 2.70. The maximum Gasteiger partial charge on any atom is 0.223 e. The number of hydrogen-bond donors (Lipinski definition) is 0. The number of amides is 1. The number of hydrogen-bond acceptors (Lipinski definition) is 4. The van der Waals surface area contributed by atoms with Gasteiger partial charge in [-0.15, -0.1) is 0 Å². The van der Waals surface area contributed by atoms with Gasteiger partial charge in [0.25, 0.3) is 0 Å². The third-order valence-corrected chi connectivity index (χ3v) is 4.56. The highest BCUT2D eigenvalue weighted by Gasteiger charge is 2.42. The van der Waals surface area contributed by atoms with Crippen LogP contribution in [0.3, 0.4) is 0 Å². The topological polar surface area (TPSA) is 60.2 Å². The summed E-state index contributed by atoms with van der Waals surface area (Å²) >= 11 is 0. The molecule has 2 aliphatic rings. The minimum Gasteiger partial charge on any atom is -0.381 e. The molecule has 1 unspecified atom stereocenters. The summed E-state index contributed by atoms with van der Waals surface area (Å²) < 4.78 is 7.25. The molecule has 2 aliphatic heterocycles. The van der Waals surface area contributed by atoms with Crippen LogP contribution >= 0.6 is 0 Å². The third-order valence-electron chi connectivity index (χ3n) is 4.56. The number of methoxy groups -OCH3 is 1. The number of aryl methyl sites for hydroxylation is 1. The molecule has 0 aromatic carbocycles. The first kappa shape index (κ1) is 13.5. The van der Waals surface area contributed by atoms with Crippen LogP contribution in [0.25, 0.3) is 0 Å². The predicted molar refractivity (Wildman–Crippen MR) is 72.9 cm³/mol. The monoisotopic (exact) mass is 278 g/mol. The van der Waals surface area contributed by atoms with Gasteiger partial charge in [0.05, 0.1) is 6.10 Å². The minimum absolute atomic E-state index is 0.298. The summed E-state index contributed by atoms with van der Waals surface area (Å²) in [6.45, 7) is 0.760. The van der Waals surface area contributed by atoms with Crippen molar-refractivity contribution in [2.75, 3.05) is 7.11 Å². The van der Waals surface area contributed by atoms with E-state index >= 15 is 0 Å². The second-order valence-electron chi connectivity index (χ2n) is 5.78. The van der Waals surface area contributed by atoms with Crippen molar-refractivity contribution in [2.24, 2.45) is 0 Å². The van der Waals surface area contributed by atoms with E-state index in [4.69, 9.17) is 4.74 Å². The Morgan fingerprint density at radius 1 is 1.35 bits per heavy atom. The Balaban J connectivity index is 1.50. The Morgan fingerprint density at radius 3 is 2.70 bits per heavy atom. The van der Waals surface area contributed by atoms with Crippen molar-refractivity contribution in [2.45, 2.75) is 63.3 Å². The van der Waals surface area contributed by atoms with Crippen LogP contribution in [0, 0.1) is 0 Å². The van der Waals surface area contributed by atoms with Crippen LogP contribution in [0.2, 0.25) is 0 Å². The Morgan fingerprint density at radius 2 is 2.10 bits per heavy atom. The highest BCUT2D eigenvalue weighted by Crippen LogP contribution is 2.37. The first-order valence-electron chi connectivity index (χ1n) is 7.44. The summed E-state index contributed by atoms with van der Waals surface area (Å²) in [7, 11) is 1.78. The molecule has 110 valence electrons. The van der Waals surface area contributed by atoms with E-state index in [9.17, 15) is 4.79 Å². The van der Waals surface area contributed by atoms with E-state index in [1.165, 1.54) is 6.33 Å². The molecule has 6 heteroatoms. The van der Waals surface area contributed by atoms with Gasteiger partial charge in [-0.25, -0.2) is 4.98 Å². The summed E-state index contributed by atoms with van der Waals surface area (Å²) in [6, 6.07) is 0.801. The maximum atomic E-state index is 12.4. The molecular formula is C14H22N4O2. The number of ether oxygens (including phenoxy) is 1. The Labute approximate surface area is 119 Å². The molecule has 2 bridgehead atoms. The van der Waals surface area contributed by atoms with Crippen LogP contribution in [0.15, 0.2) is 12.7 Å². The molecular weight excluding hydrogens is 256 g/mol. The Bertz CT molecular complexity index is 434. The van der Waals surface area contributed by atoms with Crippen molar-refractivity contribution >= 4 is 5.91 Å². The highest BCUT2D eigenvalue weighted by atomic mass is 16.5. The van der Waals surface area contributed by atoms with Gasteiger partial charge in [-0.3, -0.25) is 9.48 Å².